The normalized spacial score (nSPS) is 10.8. The first-order valence-electron chi connectivity index (χ1n) is 10.5. The van der Waals surface area contributed by atoms with Crippen molar-refractivity contribution in [1.29, 1.82) is 0 Å². The number of nitrogens with zero attached hydrogens (tertiary/aromatic N) is 1. The third kappa shape index (κ3) is 6.60. The van der Waals surface area contributed by atoms with E-state index in [-0.39, 0.29) is 11.5 Å². The number of aromatic hydroxyl groups is 1. The molecule has 0 unspecified atom stereocenters. The monoisotopic (exact) mass is 433 g/mol. The molecule has 0 saturated heterocycles. The average molecular weight is 434 g/mol. The number of ether oxygens (including phenoxy) is 3. The zero-order valence-electron chi connectivity index (χ0n) is 18.3. The molecule has 0 heterocycles. The SMILES string of the molecule is CCCCCOc1ccc(C(=O)Oc2ccc(C=Nc3ccc(OC)cc3)c(O)c2)cc1. The standard InChI is InChI=1S/C26H27NO5/c1-3-4-5-16-31-23-11-6-19(7-12-23)26(29)32-24-13-8-20(25(28)17-24)18-27-21-9-14-22(30-2)15-10-21/h6-15,17-18,28H,3-5,16H2,1-2H3. The summed E-state index contributed by atoms with van der Waals surface area (Å²) in [4.78, 5) is 16.7. The van der Waals surface area contributed by atoms with E-state index >= 15 is 0 Å². The highest BCUT2D eigenvalue weighted by Crippen LogP contribution is 2.25. The Morgan fingerprint density at radius 3 is 2.28 bits per heavy atom. The van der Waals surface area contributed by atoms with Crippen molar-refractivity contribution in [3.8, 4) is 23.0 Å². The van der Waals surface area contributed by atoms with Gasteiger partial charge in [-0.3, -0.25) is 4.99 Å². The van der Waals surface area contributed by atoms with Crippen molar-refractivity contribution in [2.45, 2.75) is 26.2 Å². The van der Waals surface area contributed by atoms with Crippen LogP contribution in [0.5, 0.6) is 23.0 Å². The Balaban J connectivity index is 1.58. The smallest absolute Gasteiger partial charge is 0.343 e. The molecule has 0 aromatic heterocycles. The highest BCUT2D eigenvalue weighted by molar-refractivity contribution is 5.91. The minimum absolute atomic E-state index is 0.0385. The predicted octanol–water partition coefficient (Wildman–Crippen LogP) is 5.94. The summed E-state index contributed by atoms with van der Waals surface area (Å²) < 4.78 is 16.1. The number of rotatable bonds is 10. The van der Waals surface area contributed by atoms with Gasteiger partial charge in [-0.05, 0) is 67.1 Å². The first-order valence-corrected chi connectivity index (χ1v) is 10.5. The Bertz CT molecular complexity index is 1040. The van der Waals surface area contributed by atoms with Crippen LogP contribution in [-0.2, 0) is 0 Å². The second-order valence-electron chi connectivity index (χ2n) is 7.15. The fraction of sp³-hybridized carbons (Fsp3) is 0.231. The Hall–Kier alpha value is -3.80. The summed E-state index contributed by atoms with van der Waals surface area (Å²) in [6.45, 7) is 2.80. The molecule has 3 rings (SSSR count). The molecule has 0 radical (unpaired) electrons. The number of aliphatic imine (C=N–C) groups is 1. The Labute approximate surface area is 188 Å². The van der Waals surface area contributed by atoms with E-state index in [1.165, 1.54) is 6.07 Å². The number of carbonyl (C=O) groups is 1. The molecule has 6 heteroatoms. The van der Waals surface area contributed by atoms with E-state index in [2.05, 4.69) is 11.9 Å². The molecule has 0 saturated carbocycles. The van der Waals surface area contributed by atoms with Gasteiger partial charge < -0.3 is 19.3 Å². The molecule has 3 aromatic carbocycles. The average Bonchev–Trinajstić information content (AvgIpc) is 2.82. The molecule has 0 bridgehead atoms. The van der Waals surface area contributed by atoms with Gasteiger partial charge in [-0.2, -0.15) is 0 Å². The maximum Gasteiger partial charge on any atom is 0.343 e. The molecule has 0 amide bonds. The fourth-order valence-corrected chi connectivity index (χ4v) is 2.90. The summed E-state index contributed by atoms with van der Waals surface area (Å²) in [5.74, 6) is 1.15. The van der Waals surface area contributed by atoms with Gasteiger partial charge in [0.05, 0.1) is 25.0 Å². The van der Waals surface area contributed by atoms with E-state index in [4.69, 9.17) is 14.2 Å². The molecular formula is C26H27NO5. The molecule has 166 valence electrons. The van der Waals surface area contributed by atoms with Crippen LogP contribution in [0.3, 0.4) is 0 Å². The summed E-state index contributed by atoms with van der Waals surface area (Å²) >= 11 is 0. The summed E-state index contributed by atoms with van der Waals surface area (Å²) in [6, 6.07) is 18.7. The van der Waals surface area contributed by atoms with Crippen molar-refractivity contribution in [3.05, 3.63) is 77.9 Å². The number of hydrogen-bond donors (Lipinski definition) is 1. The van der Waals surface area contributed by atoms with Crippen LogP contribution in [0.25, 0.3) is 0 Å². The van der Waals surface area contributed by atoms with E-state index in [0.717, 1.165) is 36.4 Å². The predicted molar refractivity (Wildman–Crippen MR) is 125 cm³/mol. The zero-order chi connectivity index (χ0) is 22.8. The Kier molecular flexibility index (Phi) is 8.26. The third-order valence-corrected chi connectivity index (χ3v) is 4.74. The van der Waals surface area contributed by atoms with Gasteiger partial charge in [0.25, 0.3) is 0 Å². The highest BCUT2D eigenvalue weighted by atomic mass is 16.5. The van der Waals surface area contributed by atoms with E-state index in [0.29, 0.717) is 17.7 Å². The van der Waals surface area contributed by atoms with Gasteiger partial charge in [0, 0.05) is 17.8 Å². The zero-order valence-corrected chi connectivity index (χ0v) is 18.3. The second-order valence-corrected chi connectivity index (χ2v) is 7.15. The van der Waals surface area contributed by atoms with Gasteiger partial charge in [-0.15, -0.1) is 0 Å². The summed E-state index contributed by atoms with van der Waals surface area (Å²) in [7, 11) is 1.60. The maximum absolute atomic E-state index is 12.4. The number of phenols is 1. The summed E-state index contributed by atoms with van der Waals surface area (Å²) in [5.41, 5.74) is 1.62. The molecule has 0 fully saturated rings. The number of esters is 1. The summed E-state index contributed by atoms with van der Waals surface area (Å²) in [6.07, 6.45) is 4.82. The molecule has 1 N–H and O–H groups in total. The topological polar surface area (TPSA) is 77.4 Å². The number of benzene rings is 3. The molecule has 0 aliphatic carbocycles. The third-order valence-electron chi connectivity index (χ3n) is 4.74. The summed E-state index contributed by atoms with van der Waals surface area (Å²) in [5, 5.41) is 10.3. The van der Waals surface area contributed by atoms with Gasteiger partial charge in [-0.25, -0.2) is 4.79 Å². The van der Waals surface area contributed by atoms with Crippen LogP contribution < -0.4 is 14.2 Å². The lowest BCUT2D eigenvalue weighted by atomic mass is 10.2. The number of carbonyl (C=O) groups excluding carboxylic acids is 1. The van der Waals surface area contributed by atoms with Crippen molar-refractivity contribution in [1.82, 2.24) is 0 Å². The van der Waals surface area contributed by atoms with Gasteiger partial charge in [0.2, 0.25) is 0 Å². The lowest BCUT2D eigenvalue weighted by Gasteiger charge is -2.08. The molecule has 0 atom stereocenters. The van der Waals surface area contributed by atoms with Crippen LogP contribution in [0, 0.1) is 0 Å². The Morgan fingerprint density at radius 2 is 1.62 bits per heavy atom. The molecule has 32 heavy (non-hydrogen) atoms. The van der Waals surface area contributed by atoms with Crippen LogP contribution in [-0.4, -0.2) is 31.0 Å². The minimum Gasteiger partial charge on any atom is -0.507 e. The van der Waals surface area contributed by atoms with Crippen molar-refractivity contribution < 1.29 is 24.1 Å². The van der Waals surface area contributed by atoms with Crippen molar-refractivity contribution in [3.63, 3.8) is 0 Å². The van der Waals surface area contributed by atoms with Crippen LogP contribution in [0.15, 0.2) is 71.7 Å². The second kappa shape index (κ2) is 11.6. The highest BCUT2D eigenvalue weighted by Gasteiger charge is 2.10. The Morgan fingerprint density at radius 1 is 0.938 bits per heavy atom. The minimum atomic E-state index is -0.512. The van der Waals surface area contributed by atoms with Crippen molar-refractivity contribution in [2.75, 3.05) is 13.7 Å². The van der Waals surface area contributed by atoms with Crippen LogP contribution in [0.1, 0.15) is 42.1 Å². The molecule has 0 spiro atoms. The van der Waals surface area contributed by atoms with E-state index in [9.17, 15) is 9.90 Å². The van der Waals surface area contributed by atoms with Gasteiger partial charge in [0.1, 0.15) is 23.0 Å². The van der Waals surface area contributed by atoms with Gasteiger partial charge in [-0.1, -0.05) is 19.8 Å². The van der Waals surface area contributed by atoms with E-state index in [1.807, 2.05) is 12.1 Å². The first-order chi connectivity index (χ1) is 15.6. The molecule has 0 aliphatic heterocycles. The quantitative estimate of drug-likeness (QED) is 0.185. The molecule has 3 aromatic rings. The number of unbranched alkanes of at least 4 members (excludes halogenated alkanes) is 2. The molecule has 6 nitrogen and oxygen atoms in total. The van der Waals surface area contributed by atoms with Crippen LogP contribution in [0.4, 0.5) is 5.69 Å². The van der Waals surface area contributed by atoms with Gasteiger partial charge in [0.15, 0.2) is 0 Å². The van der Waals surface area contributed by atoms with Crippen LogP contribution in [0.2, 0.25) is 0 Å². The fourth-order valence-electron chi connectivity index (χ4n) is 2.90. The van der Waals surface area contributed by atoms with Crippen molar-refractivity contribution >= 4 is 17.9 Å². The van der Waals surface area contributed by atoms with Crippen LogP contribution >= 0.6 is 0 Å². The van der Waals surface area contributed by atoms with Crippen molar-refractivity contribution in [2.24, 2.45) is 4.99 Å². The number of phenolic OH excluding ortho intramolecular Hbond substituents is 1. The lowest BCUT2D eigenvalue weighted by Crippen LogP contribution is -2.08. The maximum atomic E-state index is 12.4. The van der Waals surface area contributed by atoms with Gasteiger partial charge >= 0.3 is 5.97 Å². The number of hydrogen-bond acceptors (Lipinski definition) is 6. The number of methoxy groups -OCH3 is 1. The molecular weight excluding hydrogens is 406 g/mol. The first kappa shape index (κ1) is 22.9. The largest absolute Gasteiger partial charge is 0.507 e. The van der Waals surface area contributed by atoms with E-state index in [1.54, 1.807) is 61.9 Å². The van der Waals surface area contributed by atoms with E-state index < -0.39 is 5.97 Å². The molecule has 0 aliphatic rings. The lowest BCUT2D eigenvalue weighted by molar-refractivity contribution is 0.0734.